The third-order valence-corrected chi connectivity index (χ3v) is 7.83. The minimum atomic E-state index is -1.14. The van der Waals surface area contributed by atoms with Gasteiger partial charge < -0.3 is 15.5 Å². The van der Waals surface area contributed by atoms with E-state index in [1.165, 1.54) is 12.5 Å². The van der Waals surface area contributed by atoms with Crippen LogP contribution < -0.4 is 5.32 Å². The fourth-order valence-corrected chi connectivity index (χ4v) is 6.25. The highest BCUT2D eigenvalue weighted by Gasteiger charge is 2.59. The first-order valence-corrected chi connectivity index (χ1v) is 11.3. The third kappa shape index (κ3) is 3.82. The second kappa shape index (κ2) is 8.80. The topological polar surface area (TPSA) is 86.6 Å². The van der Waals surface area contributed by atoms with Crippen LogP contribution in [0.3, 0.4) is 0 Å². The van der Waals surface area contributed by atoms with Gasteiger partial charge in [-0.2, -0.15) is 0 Å². The number of aliphatic hydroxyl groups is 2. The van der Waals surface area contributed by atoms with Gasteiger partial charge in [0.25, 0.3) is 0 Å². The van der Waals surface area contributed by atoms with Crippen molar-refractivity contribution in [3.05, 3.63) is 36.0 Å². The van der Waals surface area contributed by atoms with Crippen LogP contribution in [0.25, 0.3) is 0 Å². The molecule has 2 fully saturated rings. The van der Waals surface area contributed by atoms with Gasteiger partial charge in [0, 0.05) is 11.3 Å². The quantitative estimate of drug-likeness (QED) is 0.366. The standard InChI is InChI=1S/C25H37NO4/c1-6-7-8-9-18-15(3)13-17-12-14(2)10-11-19(17)25(18,5)23(29)20-22(28)21(16(4)27)26-24(20)30/h6-9,13-14,16-21,23,27,29H,10-12H2,1-5H3,(H,26,30)/t14-,16?,17+,18-,19-,20?,21?,23-,25-/m1/s1. The molecule has 9 atom stereocenters. The second-order valence-corrected chi connectivity index (χ2v) is 9.91. The Balaban J connectivity index is 2.05. The molecule has 1 saturated carbocycles. The first kappa shape index (κ1) is 23.0. The Bertz CT molecular complexity index is 767. The zero-order valence-electron chi connectivity index (χ0n) is 18.8. The molecule has 1 aliphatic heterocycles. The molecule has 5 heteroatoms. The average molecular weight is 416 g/mol. The molecule has 166 valence electrons. The van der Waals surface area contributed by atoms with Crippen LogP contribution in [-0.4, -0.2) is 40.2 Å². The number of Topliss-reactive ketones (excluding diaryl/α,β-unsaturated/α-hetero) is 1. The van der Waals surface area contributed by atoms with Crippen molar-refractivity contribution < 1.29 is 19.8 Å². The smallest absolute Gasteiger partial charge is 0.234 e. The molecule has 3 aliphatic rings. The molecule has 3 N–H and O–H groups in total. The minimum Gasteiger partial charge on any atom is -0.391 e. The van der Waals surface area contributed by atoms with E-state index in [4.69, 9.17) is 0 Å². The number of carbonyl (C=O) groups excluding carboxylic acids is 2. The maximum atomic E-state index is 13.0. The van der Waals surface area contributed by atoms with Crippen molar-refractivity contribution in [2.24, 2.45) is 35.0 Å². The summed E-state index contributed by atoms with van der Waals surface area (Å²) in [5.41, 5.74) is 0.540. The number of rotatable bonds is 5. The summed E-state index contributed by atoms with van der Waals surface area (Å²) in [6.45, 7) is 9.88. The molecular formula is C25H37NO4. The van der Waals surface area contributed by atoms with E-state index in [1.807, 2.05) is 25.2 Å². The van der Waals surface area contributed by atoms with E-state index < -0.39 is 41.3 Å². The summed E-state index contributed by atoms with van der Waals surface area (Å²) in [7, 11) is 0. The predicted molar refractivity (Wildman–Crippen MR) is 117 cm³/mol. The van der Waals surface area contributed by atoms with Crippen LogP contribution in [-0.2, 0) is 9.59 Å². The highest BCUT2D eigenvalue weighted by Crippen LogP contribution is 2.57. The summed E-state index contributed by atoms with van der Waals surface area (Å²) in [6.07, 6.45) is 11.4. The van der Waals surface area contributed by atoms with E-state index in [0.717, 1.165) is 19.3 Å². The molecule has 0 aromatic carbocycles. The molecular weight excluding hydrogens is 378 g/mol. The SMILES string of the molecule is CC=CC=C[C@@H]1C(C)=C[C@@H]2C[C@H](C)CC[C@H]2[C@]1(C)[C@H](O)C1C(=O)NC(C(C)O)C1=O. The fourth-order valence-electron chi connectivity index (χ4n) is 6.25. The van der Waals surface area contributed by atoms with E-state index in [9.17, 15) is 19.8 Å². The van der Waals surface area contributed by atoms with Crippen molar-refractivity contribution in [1.82, 2.24) is 5.32 Å². The maximum Gasteiger partial charge on any atom is 0.234 e. The van der Waals surface area contributed by atoms with Crippen molar-refractivity contribution in [2.75, 3.05) is 0 Å². The summed E-state index contributed by atoms with van der Waals surface area (Å²) < 4.78 is 0. The summed E-state index contributed by atoms with van der Waals surface area (Å²) in [4.78, 5) is 25.7. The lowest BCUT2D eigenvalue weighted by Crippen LogP contribution is -2.55. The molecule has 30 heavy (non-hydrogen) atoms. The van der Waals surface area contributed by atoms with Crippen LogP contribution in [0.5, 0.6) is 0 Å². The molecule has 1 heterocycles. The average Bonchev–Trinajstić information content (AvgIpc) is 2.97. The summed E-state index contributed by atoms with van der Waals surface area (Å²) in [6, 6.07) is -0.944. The van der Waals surface area contributed by atoms with Crippen LogP contribution in [0, 0.1) is 35.0 Å². The number of amides is 1. The molecule has 0 radical (unpaired) electrons. The largest absolute Gasteiger partial charge is 0.391 e. The van der Waals surface area contributed by atoms with E-state index in [-0.39, 0.29) is 11.8 Å². The zero-order valence-corrected chi connectivity index (χ0v) is 18.8. The number of carbonyl (C=O) groups is 2. The number of allylic oxidation sites excluding steroid dienone is 6. The molecule has 1 amide bonds. The number of hydrogen-bond donors (Lipinski definition) is 3. The normalized spacial score (nSPS) is 41.6. The molecule has 3 unspecified atom stereocenters. The minimum absolute atomic E-state index is 0.0652. The maximum absolute atomic E-state index is 13.0. The van der Waals surface area contributed by atoms with Gasteiger partial charge in [0.1, 0.15) is 12.0 Å². The predicted octanol–water partition coefficient (Wildman–Crippen LogP) is 3.18. The van der Waals surface area contributed by atoms with E-state index in [0.29, 0.717) is 11.8 Å². The van der Waals surface area contributed by atoms with Crippen molar-refractivity contribution in [1.29, 1.82) is 0 Å². The van der Waals surface area contributed by atoms with Crippen LogP contribution in [0.4, 0.5) is 0 Å². The number of ketones is 1. The molecule has 2 aliphatic carbocycles. The zero-order chi connectivity index (χ0) is 22.2. The van der Waals surface area contributed by atoms with Crippen molar-refractivity contribution >= 4 is 11.7 Å². The van der Waals surface area contributed by atoms with Crippen LogP contribution >= 0.6 is 0 Å². The van der Waals surface area contributed by atoms with Crippen LogP contribution in [0.15, 0.2) is 36.0 Å². The van der Waals surface area contributed by atoms with Gasteiger partial charge in [0.2, 0.25) is 5.91 Å². The van der Waals surface area contributed by atoms with Gasteiger partial charge in [0.15, 0.2) is 5.78 Å². The number of hydrogen-bond acceptors (Lipinski definition) is 4. The van der Waals surface area contributed by atoms with E-state index in [1.54, 1.807) is 0 Å². The van der Waals surface area contributed by atoms with Gasteiger partial charge in [-0.1, -0.05) is 56.2 Å². The fraction of sp³-hybridized carbons (Fsp3) is 0.680. The number of fused-ring (bicyclic) bond motifs is 1. The van der Waals surface area contributed by atoms with E-state index >= 15 is 0 Å². The summed E-state index contributed by atoms with van der Waals surface area (Å²) in [5, 5.41) is 24.2. The van der Waals surface area contributed by atoms with Gasteiger partial charge in [0.05, 0.1) is 12.2 Å². The van der Waals surface area contributed by atoms with Gasteiger partial charge in [-0.3, -0.25) is 9.59 Å². The molecule has 5 nitrogen and oxygen atoms in total. The Labute approximate surface area is 180 Å². The van der Waals surface area contributed by atoms with Crippen molar-refractivity contribution in [3.8, 4) is 0 Å². The van der Waals surface area contributed by atoms with Gasteiger partial charge in [-0.25, -0.2) is 0 Å². The van der Waals surface area contributed by atoms with Crippen molar-refractivity contribution in [3.63, 3.8) is 0 Å². The summed E-state index contributed by atoms with van der Waals surface area (Å²) >= 11 is 0. The Morgan fingerprint density at radius 1 is 1.23 bits per heavy atom. The van der Waals surface area contributed by atoms with Crippen LogP contribution in [0.2, 0.25) is 0 Å². The number of nitrogens with one attached hydrogen (secondary N) is 1. The number of aliphatic hydroxyl groups excluding tert-OH is 2. The lowest BCUT2D eigenvalue weighted by atomic mass is 9.50. The Hall–Kier alpha value is -1.72. The van der Waals surface area contributed by atoms with Crippen molar-refractivity contribution in [2.45, 2.75) is 72.1 Å². The second-order valence-electron chi connectivity index (χ2n) is 9.91. The van der Waals surface area contributed by atoms with Crippen LogP contribution in [0.1, 0.15) is 53.9 Å². The Morgan fingerprint density at radius 2 is 1.93 bits per heavy atom. The molecule has 0 bridgehead atoms. The molecule has 0 aromatic heterocycles. The molecule has 3 rings (SSSR count). The Morgan fingerprint density at radius 3 is 2.53 bits per heavy atom. The third-order valence-electron chi connectivity index (χ3n) is 7.83. The lowest BCUT2D eigenvalue weighted by Gasteiger charge is -2.55. The van der Waals surface area contributed by atoms with E-state index in [2.05, 4.69) is 38.2 Å². The highest BCUT2D eigenvalue weighted by atomic mass is 16.3. The molecule has 0 aromatic rings. The molecule has 0 spiro atoms. The summed E-state index contributed by atoms with van der Waals surface area (Å²) in [5.74, 6) is -0.909. The first-order valence-electron chi connectivity index (χ1n) is 11.3. The monoisotopic (exact) mass is 415 g/mol. The van der Waals surface area contributed by atoms with Gasteiger partial charge in [-0.15, -0.1) is 0 Å². The first-order chi connectivity index (χ1) is 14.1. The van der Waals surface area contributed by atoms with Gasteiger partial charge in [-0.05, 0) is 51.4 Å². The Kier molecular flexibility index (Phi) is 6.73. The lowest BCUT2D eigenvalue weighted by molar-refractivity contribution is -0.144. The van der Waals surface area contributed by atoms with Gasteiger partial charge >= 0.3 is 0 Å². The highest BCUT2D eigenvalue weighted by molar-refractivity contribution is 6.11. The molecule has 1 saturated heterocycles.